The van der Waals surface area contributed by atoms with Crippen LogP contribution < -0.4 is 9.86 Å². The summed E-state index contributed by atoms with van der Waals surface area (Å²) in [6.45, 7) is 0.289. The predicted octanol–water partition coefficient (Wildman–Crippen LogP) is -1.17. The first-order valence-electron chi connectivity index (χ1n) is 4.24. The van der Waals surface area contributed by atoms with E-state index in [1.165, 1.54) is 0 Å². The molecule has 0 bridgehead atoms. The van der Waals surface area contributed by atoms with Crippen LogP contribution in [0.4, 0.5) is 4.79 Å². The molecule has 0 aliphatic carbocycles. The van der Waals surface area contributed by atoms with Gasteiger partial charge in [0.2, 0.25) is 0 Å². The lowest BCUT2D eigenvalue weighted by Gasteiger charge is -2.20. The molecular weight excluding hydrogens is 242 g/mol. The topological polar surface area (TPSA) is 113 Å². The highest BCUT2D eigenvalue weighted by Gasteiger charge is 2.33. The maximum Gasteiger partial charge on any atom is 0.407 e. The van der Waals surface area contributed by atoms with Gasteiger partial charge in [0.1, 0.15) is 0 Å². The quantitative estimate of drug-likeness (QED) is 0.476. The van der Waals surface area contributed by atoms with Crippen LogP contribution in [0, 0.1) is 0 Å². The van der Waals surface area contributed by atoms with E-state index in [4.69, 9.17) is 10.2 Å². The molecule has 0 unspecified atom stereocenters. The van der Waals surface area contributed by atoms with E-state index in [-0.39, 0.29) is 11.8 Å². The molecule has 0 radical (unpaired) electrons. The number of hydrogen-bond acceptors (Lipinski definition) is 4. The van der Waals surface area contributed by atoms with Crippen LogP contribution in [0.3, 0.4) is 0 Å². The number of likely N-dealkylation sites (tertiary alicyclic amines) is 1. The lowest BCUT2D eigenvalue weighted by atomic mass is 10.2. The summed E-state index contributed by atoms with van der Waals surface area (Å²) in [6, 6.07) is -0.400. The molecule has 0 aromatic rings. The van der Waals surface area contributed by atoms with Crippen LogP contribution in [0.15, 0.2) is 0 Å². The predicted molar refractivity (Wildman–Crippen MR) is 57.0 cm³/mol. The molecule has 1 aliphatic rings. The summed E-state index contributed by atoms with van der Waals surface area (Å²) in [7, 11) is -3.77. The first-order valence-corrected chi connectivity index (χ1v) is 6.31. The summed E-state index contributed by atoms with van der Waals surface area (Å²) in [5.41, 5.74) is 0. The number of hydrogen-bond donors (Lipinski definition) is 4. The van der Waals surface area contributed by atoms with E-state index in [1.54, 1.807) is 0 Å². The van der Waals surface area contributed by atoms with Gasteiger partial charge in [-0.25, -0.2) is 14.7 Å². The number of rotatable bonds is 3. The number of carboxylic acid groups (broad SMARTS) is 1. The fourth-order valence-electron chi connectivity index (χ4n) is 1.53. The highest BCUT2D eigenvalue weighted by atomic mass is 32.2. The molecule has 9 heteroatoms. The normalized spacial score (nSPS) is 26.9. The number of nitrogens with one attached hydrogen (secondary N) is 1. The molecule has 0 aromatic heterocycles. The third-order valence-corrected chi connectivity index (χ3v) is 3.10. The summed E-state index contributed by atoms with van der Waals surface area (Å²) in [4.78, 5) is 11.9. The highest BCUT2D eigenvalue weighted by Crippen LogP contribution is 2.21. The van der Waals surface area contributed by atoms with E-state index in [9.17, 15) is 13.2 Å². The first kappa shape index (κ1) is 12.6. The van der Waals surface area contributed by atoms with E-state index < -0.39 is 22.3 Å². The van der Waals surface area contributed by atoms with E-state index in [1.807, 2.05) is 0 Å². The van der Waals surface area contributed by atoms with Gasteiger partial charge in [0.05, 0.1) is 0 Å². The van der Waals surface area contributed by atoms with Crippen molar-refractivity contribution in [2.45, 2.75) is 17.7 Å². The minimum Gasteiger partial charge on any atom is -0.465 e. The Morgan fingerprint density at radius 3 is 2.73 bits per heavy atom. The Balaban J connectivity index is 2.57. The molecule has 1 fully saturated rings. The zero-order valence-electron chi connectivity index (χ0n) is 7.83. The summed E-state index contributed by atoms with van der Waals surface area (Å²) in [5, 5.41) is 13.5. The molecular formula is C6H13N3O4S2. The lowest BCUT2D eigenvalue weighted by molar-refractivity contribution is 0.141. The molecule has 1 aliphatic heterocycles. The van der Waals surface area contributed by atoms with Crippen LogP contribution in [0.2, 0.25) is 0 Å². The van der Waals surface area contributed by atoms with Crippen molar-refractivity contribution in [3.8, 4) is 0 Å². The number of carbonyl (C=O) groups is 1. The molecule has 1 amide bonds. The van der Waals surface area contributed by atoms with Crippen LogP contribution in [-0.2, 0) is 10.2 Å². The fraction of sp³-hybridized carbons (Fsp3) is 0.833. The van der Waals surface area contributed by atoms with Gasteiger partial charge in [-0.15, -0.1) is 0 Å². The number of amides is 1. The lowest BCUT2D eigenvalue weighted by Crippen LogP contribution is -2.44. The molecule has 1 heterocycles. The van der Waals surface area contributed by atoms with Crippen molar-refractivity contribution in [1.82, 2.24) is 9.62 Å². The third-order valence-electron chi connectivity index (χ3n) is 2.16. The van der Waals surface area contributed by atoms with Crippen molar-refractivity contribution in [3.05, 3.63) is 0 Å². The van der Waals surface area contributed by atoms with Gasteiger partial charge in [0, 0.05) is 24.4 Å². The molecule has 0 spiro atoms. The Kier molecular flexibility index (Phi) is 3.82. The molecule has 0 saturated carbocycles. The van der Waals surface area contributed by atoms with Crippen LogP contribution in [0.1, 0.15) is 6.42 Å². The largest absolute Gasteiger partial charge is 0.465 e. The van der Waals surface area contributed by atoms with Crippen molar-refractivity contribution < 1.29 is 18.3 Å². The van der Waals surface area contributed by atoms with Gasteiger partial charge >= 0.3 is 6.09 Å². The minimum atomic E-state index is -3.77. The van der Waals surface area contributed by atoms with Crippen molar-refractivity contribution in [2.24, 2.45) is 5.14 Å². The Labute approximate surface area is 93.2 Å². The zero-order valence-corrected chi connectivity index (χ0v) is 9.54. The fourth-order valence-corrected chi connectivity index (χ4v) is 2.38. The molecule has 1 saturated heterocycles. The van der Waals surface area contributed by atoms with Crippen LogP contribution in [-0.4, -0.2) is 48.9 Å². The first-order chi connectivity index (χ1) is 6.79. The van der Waals surface area contributed by atoms with Crippen molar-refractivity contribution in [3.63, 3.8) is 0 Å². The summed E-state index contributed by atoms with van der Waals surface area (Å²) in [5.74, 6) is 0. The SMILES string of the molecule is NS(=O)(=O)NC[C@@H]1C[C@H](S)CN1C(=O)O. The van der Waals surface area contributed by atoms with Crippen LogP contribution >= 0.6 is 12.6 Å². The molecule has 2 atom stereocenters. The molecule has 15 heavy (non-hydrogen) atoms. The number of nitrogens with two attached hydrogens (primary N) is 1. The van der Waals surface area contributed by atoms with E-state index >= 15 is 0 Å². The molecule has 7 nitrogen and oxygen atoms in total. The van der Waals surface area contributed by atoms with Crippen molar-refractivity contribution in [1.29, 1.82) is 0 Å². The molecule has 88 valence electrons. The summed E-state index contributed by atoms with van der Waals surface area (Å²) >= 11 is 4.16. The Bertz CT molecular complexity index is 344. The van der Waals surface area contributed by atoms with E-state index in [2.05, 4.69) is 17.4 Å². The second kappa shape index (κ2) is 4.56. The second-order valence-electron chi connectivity index (χ2n) is 3.37. The van der Waals surface area contributed by atoms with Gasteiger partial charge in [-0.05, 0) is 6.42 Å². The van der Waals surface area contributed by atoms with E-state index in [0.717, 1.165) is 4.90 Å². The Morgan fingerprint density at radius 1 is 1.67 bits per heavy atom. The second-order valence-corrected chi connectivity index (χ2v) is 5.48. The average Bonchev–Trinajstić information content (AvgIpc) is 2.42. The van der Waals surface area contributed by atoms with Crippen molar-refractivity contribution in [2.75, 3.05) is 13.1 Å². The maximum absolute atomic E-state index is 10.8. The standard InChI is InChI=1S/C6H13N3O4S2/c7-15(12,13)8-2-4-1-5(14)3-9(4)6(10)11/h4-5,8,14H,1-3H2,(H,10,11)(H2,7,12,13)/t4-,5-/m0/s1. The smallest absolute Gasteiger partial charge is 0.407 e. The van der Waals surface area contributed by atoms with Gasteiger partial charge in [-0.2, -0.15) is 21.0 Å². The average molecular weight is 255 g/mol. The third kappa shape index (κ3) is 3.86. The van der Waals surface area contributed by atoms with Gasteiger partial charge in [-0.3, -0.25) is 0 Å². The summed E-state index contributed by atoms with van der Waals surface area (Å²) < 4.78 is 23.3. The Hall–Kier alpha value is -0.510. The van der Waals surface area contributed by atoms with E-state index in [0.29, 0.717) is 13.0 Å². The molecule has 1 rings (SSSR count). The summed E-state index contributed by atoms with van der Waals surface area (Å²) in [6.07, 6.45) is -0.564. The number of thiol groups is 1. The van der Waals surface area contributed by atoms with Crippen LogP contribution in [0.5, 0.6) is 0 Å². The zero-order chi connectivity index (χ0) is 11.6. The highest BCUT2D eigenvalue weighted by molar-refractivity contribution is 7.87. The van der Waals surface area contributed by atoms with Gasteiger partial charge in [-0.1, -0.05) is 0 Å². The monoisotopic (exact) mass is 255 g/mol. The van der Waals surface area contributed by atoms with Crippen molar-refractivity contribution >= 4 is 28.9 Å². The minimum absolute atomic E-state index is 0.0117. The van der Waals surface area contributed by atoms with Crippen LogP contribution in [0.25, 0.3) is 0 Å². The Morgan fingerprint density at radius 2 is 2.27 bits per heavy atom. The van der Waals surface area contributed by atoms with Gasteiger partial charge < -0.3 is 10.0 Å². The maximum atomic E-state index is 10.8. The van der Waals surface area contributed by atoms with Gasteiger partial charge in [0.15, 0.2) is 0 Å². The van der Waals surface area contributed by atoms with Gasteiger partial charge in [0.25, 0.3) is 10.2 Å². The molecule has 0 aromatic carbocycles. The number of nitrogens with zero attached hydrogens (tertiary/aromatic N) is 1. The molecule has 4 N–H and O–H groups in total.